The smallest absolute Gasteiger partial charge is 0.251 e. The van der Waals surface area contributed by atoms with Crippen LogP contribution in [0.1, 0.15) is 54.9 Å². The molecule has 0 spiro atoms. The number of carbonyl (C=O) groups excluding carboxylic acids is 1. The van der Waals surface area contributed by atoms with Gasteiger partial charge in [-0.2, -0.15) is 4.31 Å². The number of likely N-dealkylation sites (N-methyl/N-ethyl adjacent to an activating group) is 1. The second-order valence-corrected chi connectivity index (χ2v) is 9.49. The normalized spacial score (nSPS) is 22.1. The number of amides is 1. The molecule has 2 aliphatic heterocycles. The summed E-state index contributed by atoms with van der Waals surface area (Å²) in [6.45, 7) is 7.73. The van der Waals surface area contributed by atoms with Gasteiger partial charge < -0.3 is 5.32 Å². The van der Waals surface area contributed by atoms with Crippen molar-refractivity contribution in [3.05, 3.63) is 29.3 Å². The number of sulfonamides is 1. The van der Waals surface area contributed by atoms with Gasteiger partial charge in [-0.25, -0.2) is 8.42 Å². The third-order valence-corrected chi connectivity index (χ3v) is 7.83. The van der Waals surface area contributed by atoms with Gasteiger partial charge in [-0.15, -0.1) is 0 Å². The molecule has 2 fully saturated rings. The van der Waals surface area contributed by atoms with Crippen LogP contribution in [0.25, 0.3) is 0 Å². The first-order chi connectivity index (χ1) is 12.9. The lowest BCUT2D eigenvalue weighted by molar-refractivity contribution is 0.0941. The Balaban J connectivity index is 1.73. The maximum atomic E-state index is 13.0. The highest BCUT2D eigenvalue weighted by Crippen LogP contribution is 2.24. The highest BCUT2D eigenvalue weighted by molar-refractivity contribution is 7.89. The molecule has 1 atom stereocenters. The van der Waals surface area contributed by atoms with Gasteiger partial charge in [0.25, 0.3) is 5.91 Å². The quantitative estimate of drug-likeness (QED) is 0.806. The summed E-state index contributed by atoms with van der Waals surface area (Å²) in [5.41, 5.74) is 1.10. The van der Waals surface area contributed by atoms with Crippen molar-refractivity contribution in [1.82, 2.24) is 14.5 Å². The fourth-order valence-corrected chi connectivity index (χ4v) is 5.89. The molecule has 0 bridgehead atoms. The van der Waals surface area contributed by atoms with Gasteiger partial charge in [0.2, 0.25) is 10.0 Å². The molecule has 1 aromatic carbocycles. The molecule has 0 saturated carbocycles. The lowest BCUT2D eigenvalue weighted by Gasteiger charge is -2.26. The van der Waals surface area contributed by atoms with Crippen molar-refractivity contribution >= 4 is 15.9 Å². The summed E-state index contributed by atoms with van der Waals surface area (Å²) >= 11 is 0. The number of likely N-dealkylation sites (tertiary alicyclic amines) is 1. The lowest BCUT2D eigenvalue weighted by atomic mass is 10.1. The van der Waals surface area contributed by atoms with Gasteiger partial charge in [0.1, 0.15) is 0 Å². The SMILES string of the molecule is CCN1CCC[C@H]1CNC(=O)c1ccc(C)c(S(=O)(=O)N2CCCCC2)c1. The first kappa shape index (κ1) is 20.3. The zero-order chi connectivity index (χ0) is 19.4. The van der Waals surface area contributed by atoms with E-state index in [2.05, 4.69) is 17.1 Å². The van der Waals surface area contributed by atoms with Gasteiger partial charge in [-0.05, 0) is 63.4 Å². The zero-order valence-electron chi connectivity index (χ0n) is 16.4. The Bertz CT molecular complexity index is 773. The number of nitrogens with one attached hydrogen (secondary N) is 1. The maximum Gasteiger partial charge on any atom is 0.251 e. The van der Waals surface area contributed by atoms with Crippen molar-refractivity contribution in [2.24, 2.45) is 0 Å². The van der Waals surface area contributed by atoms with Gasteiger partial charge in [0, 0.05) is 31.2 Å². The number of hydrogen-bond acceptors (Lipinski definition) is 4. The number of nitrogens with zero attached hydrogens (tertiary/aromatic N) is 2. The van der Waals surface area contributed by atoms with Crippen LogP contribution in [-0.4, -0.2) is 62.3 Å². The standard InChI is InChI=1S/C20H31N3O3S/c1-3-22-11-7-8-18(22)15-21-20(24)17-10-9-16(2)19(14-17)27(25,26)23-12-5-4-6-13-23/h9-10,14,18H,3-8,11-13,15H2,1-2H3,(H,21,24)/t18-/m0/s1. The molecule has 2 aliphatic rings. The number of hydrogen-bond donors (Lipinski definition) is 1. The van der Waals surface area contributed by atoms with E-state index >= 15 is 0 Å². The third kappa shape index (κ3) is 4.52. The van der Waals surface area contributed by atoms with Crippen molar-refractivity contribution < 1.29 is 13.2 Å². The fraction of sp³-hybridized carbons (Fsp3) is 0.650. The minimum Gasteiger partial charge on any atom is -0.350 e. The van der Waals surface area contributed by atoms with Gasteiger partial charge in [0.15, 0.2) is 0 Å². The van der Waals surface area contributed by atoms with Crippen molar-refractivity contribution in [2.75, 3.05) is 32.7 Å². The van der Waals surface area contributed by atoms with Crippen LogP contribution >= 0.6 is 0 Å². The summed E-state index contributed by atoms with van der Waals surface area (Å²) < 4.78 is 27.6. The molecular formula is C20H31N3O3S. The summed E-state index contributed by atoms with van der Waals surface area (Å²) in [7, 11) is -3.55. The Kier molecular flexibility index (Phi) is 6.55. The number of rotatable bonds is 6. The van der Waals surface area contributed by atoms with E-state index < -0.39 is 10.0 Å². The summed E-state index contributed by atoms with van der Waals surface area (Å²) in [6, 6.07) is 5.37. The van der Waals surface area contributed by atoms with Crippen molar-refractivity contribution in [1.29, 1.82) is 0 Å². The Morgan fingerprint density at radius 1 is 1.15 bits per heavy atom. The molecule has 2 saturated heterocycles. The highest BCUT2D eigenvalue weighted by Gasteiger charge is 2.28. The van der Waals surface area contributed by atoms with E-state index in [1.807, 2.05) is 0 Å². The molecule has 1 N–H and O–H groups in total. The van der Waals surface area contributed by atoms with Crippen LogP contribution in [0.2, 0.25) is 0 Å². The maximum absolute atomic E-state index is 13.0. The average molecular weight is 394 g/mol. The second kappa shape index (κ2) is 8.71. The van der Waals surface area contributed by atoms with Crippen LogP contribution in [0.15, 0.2) is 23.1 Å². The van der Waals surface area contributed by atoms with E-state index in [-0.39, 0.29) is 10.8 Å². The van der Waals surface area contributed by atoms with E-state index in [1.54, 1.807) is 29.4 Å². The summed E-state index contributed by atoms with van der Waals surface area (Å²) in [4.78, 5) is 15.3. The molecule has 6 nitrogen and oxygen atoms in total. The third-order valence-electron chi connectivity index (χ3n) is 5.79. The molecule has 0 aromatic heterocycles. The second-order valence-electron chi connectivity index (χ2n) is 7.58. The minimum absolute atomic E-state index is 0.201. The molecule has 2 heterocycles. The van der Waals surface area contributed by atoms with Gasteiger partial charge in [0.05, 0.1) is 4.90 Å². The fourth-order valence-electron chi connectivity index (χ4n) is 4.12. The highest BCUT2D eigenvalue weighted by atomic mass is 32.2. The predicted octanol–water partition coefficient (Wildman–Crippen LogP) is 2.38. The van der Waals surface area contributed by atoms with E-state index in [0.29, 0.717) is 36.8 Å². The predicted molar refractivity (Wildman–Crippen MR) is 106 cm³/mol. The van der Waals surface area contributed by atoms with E-state index in [4.69, 9.17) is 0 Å². The Morgan fingerprint density at radius 2 is 1.89 bits per heavy atom. The van der Waals surface area contributed by atoms with Crippen LogP contribution in [0, 0.1) is 6.92 Å². The molecule has 27 heavy (non-hydrogen) atoms. The average Bonchev–Trinajstić information content (AvgIpc) is 3.14. The molecule has 0 aliphatic carbocycles. The molecule has 3 rings (SSSR count). The van der Waals surface area contributed by atoms with Crippen LogP contribution in [0.3, 0.4) is 0 Å². The van der Waals surface area contributed by atoms with Crippen LogP contribution in [0.5, 0.6) is 0 Å². The topological polar surface area (TPSA) is 69.7 Å². The van der Waals surface area contributed by atoms with Gasteiger partial charge >= 0.3 is 0 Å². The molecule has 0 radical (unpaired) electrons. The monoisotopic (exact) mass is 393 g/mol. The Labute approximate surface area is 163 Å². The molecule has 150 valence electrons. The molecule has 0 unspecified atom stereocenters. The largest absolute Gasteiger partial charge is 0.350 e. The summed E-state index contributed by atoms with van der Waals surface area (Å²) in [5.74, 6) is -0.201. The van der Waals surface area contributed by atoms with Gasteiger partial charge in [-0.3, -0.25) is 9.69 Å². The number of aryl methyl sites for hydroxylation is 1. The van der Waals surface area contributed by atoms with Gasteiger partial charge in [-0.1, -0.05) is 19.4 Å². The lowest BCUT2D eigenvalue weighted by Crippen LogP contribution is -2.40. The van der Waals surface area contributed by atoms with Crippen LogP contribution in [0.4, 0.5) is 0 Å². The van der Waals surface area contributed by atoms with Crippen molar-refractivity contribution in [2.45, 2.75) is 56.9 Å². The molecule has 7 heteroatoms. The number of carbonyl (C=O) groups is 1. The van der Waals surface area contributed by atoms with Crippen LogP contribution in [-0.2, 0) is 10.0 Å². The zero-order valence-corrected chi connectivity index (χ0v) is 17.2. The van der Waals surface area contributed by atoms with Crippen LogP contribution < -0.4 is 5.32 Å². The summed E-state index contributed by atoms with van der Waals surface area (Å²) in [5, 5.41) is 2.99. The molecular weight excluding hydrogens is 362 g/mol. The first-order valence-electron chi connectivity index (χ1n) is 10.1. The minimum atomic E-state index is -3.55. The number of piperidine rings is 1. The summed E-state index contributed by atoms with van der Waals surface area (Å²) in [6.07, 6.45) is 5.12. The van der Waals surface area contributed by atoms with E-state index in [0.717, 1.165) is 45.2 Å². The van der Waals surface area contributed by atoms with E-state index in [1.165, 1.54) is 0 Å². The Hall–Kier alpha value is -1.44. The number of benzene rings is 1. The molecule has 1 amide bonds. The van der Waals surface area contributed by atoms with E-state index in [9.17, 15) is 13.2 Å². The Morgan fingerprint density at radius 3 is 2.59 bits per heavy atom. The van der Waals surface area contributed by atoms with Crippen molar-refractivity contribution in [3.8, 4) is 0 Å². The van der Waals surface area contributed by atoms with Crippen molar-refractivity contribution in [3.63, 3.8) is 0 Å². The first-order valence-corrected chi connectivity index (χ1v) is 11.5. The molecule has 1 aromatic rings.